The lowest BCUT2D eigenvalue weighted by Crippen LogP contribution is -2.55. The molecule has 0 spiro atoms. The van der Waals surface area contributed by atoms with Crippen molar-refractivity contribution < 1.29 is 31.8 Å². The van der Waals surface area contributed by atoms with Gasteiger partial charge in [0.05, 0.1) is 23.6 Å². The van der Waals surface area contributed by atoms with Crippen LogP contribution < -0.4 is 0 Å². The molecule has 0 radical (unpaired) electrons. The van der Waals surface area contributed by atoms with Gasteiger partial charge in [0.15, 0.2) is 0 Å². The number of piperazine rings is 1. The number of ether oxygens (including phenoxy) is 1. The number of carbonyl (C=O) groups excluding carboxylic acids is 1. The first-order chi connectivity index (χ1) is 18.6. The summed E-state index contributed by atoms with van der Waals surface area (Å²) in [5.74, 6) is -1.58. The van der Waals surface area contributed by atoms with Crippen LogP contribution in [0.4, 0.5) is 13.6 Å². The number of sulfonamides is 1. The van der Waals surface area contributed by atoms with Gasteiger partial charge in [-0.2, -0.15) is 4.31 Å². The highest BCUT2D eigenvalue weighted by atomic mass is 35.5. The minimum absolute atomic E-state index is 0.00260. The molecule has 1 amide bonds. The SMILES string of the molecule is O=C(OC1(C2CCCC(c3cc(F)cc(F)c3)N2S(=O)(=O)c2ccc(Cl)cc2)CC1)N1CCN(CCO)CC1. The highest BCUT2D eigenvalue weighted by molar-refractivity contribution is 7.89. The maximum absolute atomic E-state index is 14.3. The summed E-state index contributed by atoms with van der Waals surface area (Å²) in [5.41, 5.74) is -0.805. The molecular weight excluding hydrogens is 552 g/mol. The summed E-state index contributed by atoms with van der Waals surface area (Å²) in [6.45, 7) is 2.68. The first-order valence-electron chi connectivity index (χ1n) is 13.2. The summed E-state index contributed by atoms with van der Waals surface area (Å²) in [6, 6.07) is 7.31. The van der Waals surface area contributed by atoms with Crippen molar-refractivity contribution in [3.8, 4) is 0 Å². The number of β-amino-alcohol motifs (C(OH)–C–C–N with tert-alkyl or cyclic N) is 1. The second-order valence-corrected chi connectivity index (χ2v) is 12.7. The monoisotopic (exact) mass is 583 g/mol. The van der Waals surface area contributed by atoms with Gasteiger partial charge in [-0.25, -0.2) is 22.0 Å². The molecule has 1 saturated carbocycles. The van der Waals surface area contributed by atoms with E-state index >= 15 is 0 Å². The molecule has 2 unspecified atom stereocenters. The number of hydrogen-bond acceptors (Lipinski definition) is 6. The standard InChI is InChI=1S/C27H32ClF2N3O5S/c28-20-4-6-23(7-5-20)39(36,37)33-24(19-16-21(29)18-22(30)17-19)2-1-3-25(33)27(8-9-27)38-26(35)32-12-10-31(11-13-32)14-15-34/h4-7,16-18,24-25,34H,1-3,8-15H2. The van der Waals surface area contributed by atoms with E-state index in [9.17, 15) is 27.1 Å². The van der Waals surface area contributed by atoms with Gasteiger partial charge in [-0.3, -0.25) is 4.90 Å². The van der Waals surface area contributed by atoms with Gasteiger partial charge in [0.2, 0.25) is 10.0 Å². The second kappa shape index (κ2) is 11.3. The molecule has 2 aromatic rings. The predicted octanol–water partition coefficient (Wildman–Crippen LogP) is 4.18. The molecule has 3 aliphatic rings. The maximum atomic E-state index is 14.3. The average Bonchev–Trinajstić information content (AvgIpc) is 3.69. The van der Waals surface area contributed by atoms with Crippen molar-refractivity contribution in [1.82, 2.24) is 14.1 Å². The van der Waals surface area contributed by atoms with Gasteiger partial charge in [-0.15, -0.1) is 0 Å². The van der Waals surface area contributed by atoms with Crippen LogP contribution in [0.3, 0.4) is 0 Å². The number of hydrogen-bond donors (Lipinski definition) is 1. The normalized spacial score (nSPS) is 23.9. The molecule has 2 atom stereocenters. The average molecular weight is 584 g/mol. The van der Waals surface area contributed by atoms with Crippen LogP contribution in [0.1, 0.15) is 43.7 Å². The molecule has 1 aliphatic carbocycles. The van der Waals surface area contributed by atoms with E-state index in [1.165, 1.54) is 28.6 Å². The van der Waals surface area contributed by atoms with Crippen LogP contribution in [0.5, 0.6) is 0 Å². The van der Waals surface area contributed by atoms with E-state index in [2.05, 4.69) is 4.90 Å². The molecule has 1 N–H and O–H groups in total. The molecule has 0 aromatic heterocycles. The van der Waals surface area contributed by atoms with Crippen molar-refractivity contribution in [2.24, 2.45) is 0 Å². The van der Waals surface area contributed by atoms with Gasteiger partial charge >= 0.3 is 6.09 Å². The molecule has 8 nitrogen and oxygen atoms in total. The van der Waals surface area contributed by atoms with Gasteiger partial charge in [0.1, 0.15) is 17.2 Å². The van der Waals surface area contributed by atoms with E-state index in [0.29, 0.717) is 69.9 Å². The van der Waals surface area contributed by atoms with Crippen molar-refractivity contribution in [2.75, 3.05) is 39.3 Å². The van der Waals surface area contributed by atoms with E-state index in [1.54, 1.807) is 4.90 Å². The number of benzene rings is 2. The molecule has 3 fully saturated rings. The van der Waals surface area contributed by atoms with Crippen LogP contribution in [0.15, 0.2) is 47.4 Å². The summed E-state index contributed by atoms with van der Waals surface area (Å²) >= 11 is 6.01. The molecule has 2 aromatic carbocycles. The Kier molecular flexibility index (Phi) is 8.17. The van der Waals surface area contributed by atoms with Crippen LogP contribution in [-0.2, 0) is 14.8 Å². The molecule has 39 heavy (non-hydrogen) atoms. The van der Waals surface area contributed by atoms with Gasteiger partial charge in [-0.05, 0) is 74.1 Å². The lowest BCUT2D eigenvalue weighted by Gasteiger charge is -2.45. The van der Waals surface area contributed by atoms with Crippen LogP contribution in [0, 0.1) is 11.6 Å². The number of rotatable bonds is 7. The van der Waals surface area contributed by atoms with Crippen molar-refractivity contribution in [3.63, 3.8) is 0 Å². The van der Waals surface area contributed by atoms with Crippen molar-refractivity contribution in [3.05, 3.63) is 64.7 Å². The number of piperidine rings is 1. The summed E-state index contributed by atoms with van der Waals surface area (Å²) in [6.07, 6.45) is 1.88. The van der Waals surface area contributed by atoms with Crippen LogP contribution in [-0.4, -0.2) is 84.7 Å². The Balaban J connectivity index is 1.46. The first-order valence-corrected chi connectivity index (χ1v) is 15.0. The minimum Gasteiger partial charge on any atom is -0.441 e. The molecule has 2 aliphatic heterocycles. The lowest BCUT2D eigenvalue weighted by molar-refractivity contribution is -0.0145. The van der Waals surface area contributed by atoms with E-state index in [0.717, 1.165) is 18.2 Å². The number of carbonyl (C=O) groups is 1. The topological polar surface area (TPSA) is 90.4 Å². The van der Waals surface area contributed by atoms with Crippen molar-refractivity contribution in [2.45, 2.75) is 54.7 Å². The fraction of sp³-hybridized carbons (Fsp3) is 0.519. The third kappa shape index (κ3) is 5.92. The number of amides is 1. The summed E-state index contributed by atoms with van der Waals surface area (Å²) < 4.78 is 64.2. The van der Waals surface area contributed by atoms with E-state index in [1.807, 2.05) is 0 Å². The molecule has 5 rings (SSSR count). The Morgan fingerprint density at radius 2 is 1.67 bits per heavy atom. The number of aliphatic hydroxyl groups is 1. The predicted molar refractivity (Wildman–Crippen MR) is 141 cm³/mol. The zero-order valence-corrected chi connectivity index (χ0v) is 23.0. The lowest BCUT2D eigenvalue weighted by atomic mass is 9.90. The third-order valence-electron chi connectivity index (χ3n) is 7.92. The Morgan fingerprint density at radius 1 is 1.03 bits per heavy atom. The Bertz CT molecular complexity index is 1280. The Morgan fingerprint density at radius 3 is 2.26 bits per heavy atom. The van der Waals surface area contributed by atoms with Crippen LogP contribution in [0.2, 0.25) is 5.02 Å². The zero-order chi connectivity index (χ0) is 27.8. The highest BCUT2D eigenvalue weighted by Gasteiger charge is 2.60. The smallest absolute Gasteiger partial charge is 0.410 e. The molecule has 12 heteroatoms. The van der Waals surface area contributed by atoms with Crippen LogP contribution in [0.25, 0.3) is 0 Å². The van der Waals surface area contributed by atoms with Crippen LogP contribution >= 0.6 is 11.6 Å². The van der Waals surface area contributed by atoms with Gasteiger partial charge in [0, 0.05) is 43.8 Å². The van der Waals surface area contributed by atoms with Gasteiger partial charge in [-0.1, -0.05) is 11.6 Å². The Labute approximate surface area is 232 Å². The van der Waals surface area contributed by atoms with Gasteiger partial charge in [0.25, 0.3) is 0 Å². The first kappa shape index (κ1) is 28.2. The largest absolute Gasteiger partial charge is 0.441 e. The van der Waals surface area contributed by atoms with E-state index in [4.69, 9.17) is 16.3 Å². The number of halogens is 3. The minimum atomic E-state index is -4.17. The van der Waals surface area contributed by atoms with Gasteiger partial charge < -0.3 is 14.7 Å². The fourth-order valence-corrected chi connectivity index (χ4v) is 7.82. The van der Waals surface area contributed by atoms with E-state index in [-0.39, 0.29) is 17.1 Å². The molecule has 2 heterocycles. The molecule has 0 bridgehead atoms. The highest BCUT2D eigenvalue weighted by Crippen LogP contribution is 2.52. The summed E-state index contributed by atoms with van der Waals surface area (Å²) in [7, 11) is -4.17. The second-order valence-electron chi connectivity index (χ2n) is 10.4. The molecule has 2 saturated heterocycles. The third-order valence-corrected chi connectivity index (χ3v) is 10.1. The quantitative estimate of drug-likeness (QED) is 0.526. The van der Waals surface area contributed by atoms with Crippen molar-refractivity contribution in [1.29, 1.82) is 0 Å². The zero-order valence-electron chi connectivity index (χ0n) is 21.4. The number of aliphatic hydroxyl groups excluding tert-OH is 1. The summed E-state index contributed by atoms with van der Waals surface area (Å²) in [5, 5.41) is 9.55. The maximum Gasteiger partial charge on any atom is 0.410 e. The molecule has 212 valence electrons. The van der Waals surface area contributed by atoms with E-state index < -0.39 is 45.4 Å². The fourth-order valence-electron chi connectivity index (χ4n) is 5.78. The summed E-state index contributed by atoms with van der Waals surface area (Å²) in [4.78, 5) is 16.9. The molecular formula is C27H32ClF2N3O5S. The Hall–Kier alpha value is -2.31. The number of nitrogens with zero attached hydrogens (tertiary/aromatic N) is 3. The van der Waals surface area contributed by atoms with Crippen molar-refractivity contribution >= 4 is 27.7 Å².